The molecule has 5 aliphatic carbocycles. The molecule has 0 aromatic carbocycles. The van der Waals surface area contributed by atoms with E-state index in [1.165, 1.54) is 21.0 Å². The number of esters is 3. The van der Waals surface area contributed by atoms with Gasteiger partial charge in [0.1, 0.15) is 12.2 Å². The average molecular weight is 635 g/mol. The van der Waals surface area contributed by atoms with Gasteiger partial charge in [0.2, 0.25) is 11.6 Å². The van der Waals surface area contributed by atoms with Gasteiger partial charge < -0.3 is 14.2 Å². The van der Waals surface area contributed by atoms with E-state index in [2.05, 4.69) is 20.8 Å². The quantitative estimate of drug-likeness (QED) is 0.180. The molecular weight excluding hydrogens is 580 g/mol. The number of ether oxygens (including phenoxy) is 3. The molecule has 1 heterocycles. The lowest BCUT2D eigenvalue weighted by atomic mass is 9.42. The second-order valence-electron chi connectivity index (χ2n) is 15.8. The van der Waals surface area contributed by atoms with E-state index in [1.807, 2.05) is 0 Å². The van der Waals surface area contributed by atoms with Crippen LogP contribution in [0.4, 0.5) is 0 Å². The van der Waals surface area contributed by atoms with Crippen molar-refractivity contribution in [3.63, 3.8) is 0 Å². The Morgan fingerprint density at radius 1 is 0.822 bits per heavy atom. The van der Waals surface area contributed by atoms with Crippen LogP contribution in [0.2, 0.25) is 0 Å². The number of methoxy groups -OCH3 is 1. The lowest BCUT2D eigenvalue weighted by molar-refractivity contribution is -0.665. The van der Waals surface area contributed by atoms with Crippen LogP contribution in [0.5, 0.6) is 0 Å². The van der Waals surface area contributed by atoms with Crippen molar-refractivity contribution in [2.75, 3.05) is 7.11 Å². The predicted octanol–water partition coefficient (Wildman–Crippen LogP) is 6.58. The number of carbonyl (C=O) groups excluding carboxylic acids is 3. The fraction of sp³-hybridized carbons (Fsp3) is 0.914. The molecule has 0 unspecified atom stereocenters. The smallest absolute Gasteiger partial charge is 0.305 e. The molecule has 5 saturated carbocycles. The molecule has 0 amide bonds. The first kappa shape index (κ1) is 33.2. The standard InChI is InChI=1S/C35H54O10/c1-21(10-13-30(38)39-6)25-11-12-26-31-27(19-29(33(25,26)5)41-23(3)37)32(4)16-17-35(20-24(32)18-28(31)40-22(2)36)44-42-34(43-45-35)14-8-7-9-15-34/h21,24-29,31H,7-20H2,1-6H3/t21-,24-,25-,26+,27+,28-,29+,31+,32+,33-/m1/s1. The van der Waals surface area contributed by atoms with Crippen LogP contribution in [0.15, 0.2) is 0 Å². The Morgan fingerprint density at radius 3 is 2.13 bits per heavy atom. The summed E-state index contributed by atoms with van der Waals surface area (Å²) in [6.07, 6.45) is 10.7. The third-order valence-corrected chi connectivity index (χ3v) is 13.5. The van der Waals surface area contributed by atoms with Crippen molar-refractivity contribution in [3.8, 4) is 0 Å². The van der Waals surface area contributed by atoms with Crippen molar-refractivity contribution in [1.82, 2.24) is 0 Å². The molecular formula is C35H54O10. The highest BCUT2D eigenvalue weighted by Crippen LogP contribution is 2.70. The molecule has 1 saturated heterocycles. The Hall–Kier alpha value is -1.75. The zero-order chi connectivity index (χ0) is 32.2. The molecule has 10 heteroatoms. The van der Waals surface area contributed by atoms with Crippen LogP contribution in [0.3, 0.4) is 0 Å². The van der Waals surface area contributed by atoms with Crippen LogP contribution in [0.25, 0.3) is 0 Å². The molecule has 2 spiro atoms. The maximum Gasteiger partial charge on any atom is 0.305 e. The van der Waals surface area contributed by atoms with Crippen molar-refractivity contribution in [1.29, 1.82) is 0 Å². The van der Waals surface area contributed by atoms with Gasteiger partial charge in [-0.25, -0.2) is 0 Å². The zero-order valence-corrected chi connectivity index (χ0v) is 28.1. The van der Waals surface area contributed by atoms with Crippen LogP contribution < -0.4 is 0 Å². The monoisotopic (exact) mass is 634 g/mol. The van der Waals surface area contributed by atoms with Crippen LogP contribution in [-0.4, -0.2) is 48.8 Å². The molecule has 0 aromatic heterocycles. The van der Waals surface area contributed by atoms with Gasteiger partial charge in [0.05, 0.1) is 7.11 Å². The number of carbonyl (C=O) groups is 3. The van der Waals surface area contributed by atoms with Gasteiger partial charge >= 0.3 is 17.9 Å². The lowest BCUT2D eigenvalue weighted by Gasteiger charge is -2.65. The average Bonchev–Trinajstić information content (AvgIpc) is 3.37. The molecule has 10 nitrogen and oxygen atoms in total. The number of hydrogen-bond donors (Lipinski definition) is 0. The maximum absolute atomic E-state index is 12.6. The van der Waals surface area contributed by atoms with E-state index < -0.39 is 11.6 Å². The SMILES string of the molecule is COC(=O)CC[C@@H](C)[C@H]1CC[C@H]2[C@@H]3[C@H](OC(C)=O)C[C@@H]4CC5(CC[C@]4(C)[C@H]3C[C@H](OC(C)=O)[C@]12C)OOC1(CCCCC1)OO5. The minimum atomic E-state index is -0.994. The fourth-order valence-corrected chi connectivity index (χ4v) is 11.1. The Balaban J connectivity index is 1.28. The fourth-order valence-electron chi connectivity index (χ4n) is 11.1. The number of fused-ring (bicyclic) bond motifs is 5. The highest BCUT2D eigenvalue weighted by Gasteiger charge is 2.69. The third-order valence-electron chi connectivity index (χ3n) is 13.5. The summed E-state index contributed by atoms with van der Waals surface area (Å²) in [4.78, 5) is 61.5. The predicted molar refractivity (Wildman–Crippen MR) is 160 cm³/mol. The Bertz CT molecular complexity index is 1120. The van der Waals surface area contributed by atoms with Crippen LogP contribution in [0.1, 0.15) is 125 Å². The van der Waals surface area contributed by atoms with Crippen molar-refractivity contribution in [2.45, 2.75) is 148 Å². The molecule has 10 atom stereocenters. The minimum Gasteiger partial charge on any atom is -0.469 e. The van der Waals surface area contributed by atoms with Crippen molar-refractivity contribution in [3.05, 3.63) is 0 Å². The van der Waals surface area contributed by atoms with Crippen molar-refractivity contribution < 1.29 is 48.1 Å². The number of rotatable bonds is 6. The molecule has 1 aliphatic heterocycles. The van der Waals surface area contributed by atoms with Crippen LogP contribution >= 0.6 is 0 Å². The first-order chi connectivity index (χ1) is 21.3. The van der Waals surface area contributed by atoms with E-state index >= 15 is 0 Å². The lowest BCUT2D eigenvalue weighted by Crippen LogP contribution is -2.65. The summed E-state index contributed by atoms with van der Waals surface area (Å²) in [6, 6.07) is 0. The van der Waals surface area contributed by atoms with Gasteiger partial charge in [-0.05, 0) is 86.4 Å². The summed E-state index contributed by atoms with van der Waals surface area (Å²) in [5.41, 5.74) is -0.404. The van der Waals surface area contributed by atoms with E-state index in [9.17, 15) is 14.4 Å². The summed E-state index contributed by atoms with van der Waals surface area (Å²) in [7, 11) is 1.43. The van der Waals surface area contributed by atoms with Gasteiger partial charge in [-0.3, -0.25) is 14.4 Å². The van der Waals surface area contributed by atoms with Crippen LogP contribution in [0, 0.1) is 46.3 Å². The molecule has 0 bridgehead atoms. The minimum absolute atomic E-state index is 0.104. The van der Waals surface area contributed by atoms with Crippen LogP contribution in [-0.2, 0) is 48.1 Å². The maximum atomic E-state index is 12.6. The molecule has 6 aliphatic rings. The van der Waals surface area contributed by atoms with Gasteiger partial charge in [-0.1, -0.05) is 27.2 Å². The second-order valence-corrected chi connectivity index (χ2v) is 15.8. The summed E-state index contributed by atoms with van der Waals surface area (Å²) in [5, 5.41) is 0. The first-order valence-corrected chi connectivity index (χ1v) is 17.5. The van der Waals surface area contributed by atoms with Crippen molar-refractivity contribution >= 4 is 17.9 Å². The Morgan fingerprint density at radius 2 is 1.49 bits per heavy atom. The first-order valence-electron chi connectivity index (χ1n) is 17.5. The summed E-state index contributed by atoms with van der Waals surface area (Å²) < 4.78 is 17.4. The van der Waals surface area contributed by atoms with E-state index in [4.69, 9.17) is 33.8 Å². The van der Waals surface area contributed by atoms with Gasteiger partial charge in [-0.15, -0.1) is 0 Å². The Kier molecular flexibility index (Phi) is 9.11. The molecule has 6 fully saturated rings. The molecule has 6 rings (SSSR count). The Labute approximate surface area is 267 Å². The summed E-state index contributed by atoms with van der Waals surface area (Å²) in [6.45, 7) is 9.89. The normalized spacial score (nSPS) is 42.1. The van der Waals surface area contributed by atoms with E-state index in [0.717, 1.165) is 57.8 Å². The summed E-state index contributed by atoms with van der Waals surface area (Å²) in [5.74, 6) is -1.37. The molecule has 0 N–H and O–H groups in total. The molecule has 254 valence electrons. The van der Waals surface area contributed by atoms with Gasteiger partial charge in [0.15, 0.2) is 0 Å². The van der Waals surface area contributed by atoms with E-state index in [1.54, 1.807) is 0 Å². The number of hydrogen-bond acceptors (Lipinski definition) is 10. The second kappa shape index (κ2) is 12.4. The highest BCUT2D eigenvalue weighted by atomic mass is 17.4. The van der Waals surface area contributed by atoms with Gasteiger partial charge in [-0.2, -0.15) is 19.6 Å². The summed E-state index contributed by atoms with van der Waals surface area (Å²) >= 11 is 0. The third kappa shape index (κ3) is 5.84. The zero-order valence-electron chi connectivity index (χ0n) is 28.1. The topological polar surface area (TPSA) is 116 Å². The van der Waals surface area contributed by atoms with E-state index in [-0.39, 0.29) is 76.5 Å². The van der Waals surface area contributed by atoms with E-state index in [0.29, 0.717) is 32.1 Å². The van der Waals surface area contributed by atoms with Crippen molar-refractivity contribution in [2.24, 2.45) is 46.3 Å². The van der Waals surface area contributed by atoms with Gasteiger partial charge in [0.25, 0.3) is 0 Å². The van der Waals surface area contributed by atoms with Gasteiger partial charge in [0, 0.05) is 57.3 Å². The molecule has 0 radical (unpaired) electrons. The largest absolute Gasteiger partial charge is 0.469 e. The molecule has 45 heavy (non-hydrogen) atoms. The highest BCUT2D eigenvalue weighted by molar-refractivity contribution is 5.69. The molecule has 0 aromatic rings.